The van der Waals surface area contributed by atoms with Crippen LogP contribution in [0.2, 0.25) is 0 Å². The van der Waals surface area contributed by atoms with Gasteiger partial charge in [0.15, 0.2) is 0 Å². The Bertz CT molecular complexity index is 265. The Kier molecular flexibility index (Phi) is 3.44. The van der Waals surface area contributed by atoms with Gasteiger partial charge in [-0.1, -0.05) is 17.3 Å². The lowest BCUT2D eigenvalue weighted by Crippen LogP contribution is -2.39. The molecule has 5 heteroatoms. The van der Waals surface area contributed by atoms with Crippen LogP contribution in [0.25, 0.3) is 0 Å². The molecule has 0 aromatic carbocycles. The highest BCUT2D eigenvalue weighted by Gasteiger charge is 2.22. The van der Waals surface area contributed by atoms with Gasteiger partial charge < -0.3 is 10.5 Å². The highest BCUT2D eigenvalue weighted by atomic mass is 32.1. The Hall–Kier alpha value is -0.520. The summed E-state index contributed by atoms with van der Waals surface area (Å²) in [6, 6.07) is 0.213. The summed E-state index contributed by atoms with van der Waals surface area (Å²) in [4.78, 5) is 1.07. The number of aromatic nitrogens is 2. The molecule has 1 aromatic heterocycles. The van der Waals surface area contributed by atoms with Crippen molar-refractivity contribution in [2.24, 2.45) is 5.73 Å². The predicted molar refractivity (Wildman–Crippen MR) is 54.9 cm³/mol. The van der Waals surface area contributed by atoms with E-state index in [-0.39, 0.29) is 12.1 Å². The lowest BCUT2D eigenvalue weighted by Gasteiger charge is -2.28. The van der Waals surface area contributed by atoms with Crippen molar-refractivity contribution < 1.29 is 4.74 Å². The molecule has 1 aromatic rings. The highest BCUT2D eigenvalue weighted by Crippen LogP contribution is 2.21. The Morgan fingerprint density at radius 2 is 2.36 bits per heavy atom. The monoisotopic (exact) mass is 213 g/mol. The summed E-state index contributed by atoms with van der Waals surface area (Å²) in [5.74, 6) is 0. The summed E-state index contributed by atoms with van der Waals surface area (Å²) < 4.78 is 9.53. The average molecular weight is 213 g/mol. The van der Waals surface area contributed by atoms with Crippen LogP contribution in [0.3, 0.4) is 0 Å². The molecule has 1 fully saturated rings. The van der Waals surface area contributed by atoms with Crippen molar-refractivity contribution in [3.63, 3.8) is 0 Å². The van der Waals surface area contributed by atoms with Crippen molar-refractivity contribution >= 4 is 11.5 Å². The zero-order valence-corrected chi connectivity index (χ0v) is 8.87. The second kappa shape index (κ2) is 4.82. The van der Waals surface area contributed by atoms with E-state index in [9.17, 15) is 0 Å². The maximum absolute atomic E-state index is 5.97. The van der Waals surface area contributed by atoms with Gasteiger partial charge in [0, 0.05) is 6.04 Å². The van der Waals surface area contributed by atoms with Crippen LogP contribution in [-0.2, 0) is 11.3 Å². The Morgan fingerprint density at radius 3 is 3.07 bits per heavy atom. The topological polar surface area (TPSA) is 61.0 Å². The van der Waals surface area contributed by atoms with Gasteiger partial charge in [-0.15, -0.1) is 5.10 Å². The summed E-state index contributed by atoms with van der Waals surface area (Å²) in [6.07, 6.45) is 6.63. The number of nitrogens with zero attached hydrogens (tertiary/aromatic N) is 2. The zero-order valence-electron chi connectivity index (χ0n) is 8.06. The number of hydrogen-bond donors (Lipinski definition) is 1. The minimum absolute atomic E-state index is 0.213. The molecule has 1 heterocycles. The fourth-order valence-corrected chi connectivity index (χ4v) is 2.19. The molecule has 0 bridgehead atoms. The van der Waals surface area contributed by atoms with E-state index in [0.717, 1.165) is 17.7 Å². The molecule has 0 saturated heterocycles. The van der Waals surface area contributed by atoms with Gasteiger partial charge in [-0.2, -0.15) is 0 Å². The van der Waals surface area contributed by atoms with Gasteiger partial charge in [0.05, 0.1) is 23.8 Å². The lowest BCUT2D eigenvalue weighted by molar-refractivity contribution is 0.00523. The van der Waals surface area contributed by atoms with Crippen molar-refractivity contribution in [3.05, 3.63) is 11.1 Å². The summed E-state index contributed by atoms with van der Waals surface area (Å²) >= 11 is 1.39. The molecule has 1 saturated carbocycles. The van der Waals surface area contributed by atoms with Gasteiger partial charge in [-0.05, 0) is 24.4 Å². The summed E-state index contributed by atoms with van der Waals surface area (Å²) in [6.45, 7) is 0.607. The number of nitrogens with two attached hydrogens (primary N) is 1. The van der Waals surface area contributed by atoms with E-state index in [4.69, 9.17) is 10.5 Å². The number of rotatable bonds is 3. The molecule has 1 aliphatic rings. The third-order valence-corrected chi connectivity index (χ3v) is 3.23. The van der Waals surface area contributed by atoms with E-state index in [0.29, 0.717) is 6.61 Å². The fraction of sp³-hybridized carbons (Fsp3) is 0.778. The Labute approximate surface area is 87.6 Å². The van der Waals surface area contributed by atoms with E-state index < -0.39 is 0 Å². The van der Waals surface area contributed by atoms with E-state index in [1.807, 2.05) is 0 Å². The maximum Gasteiger partial charge on any atom is 0.0846 e. The van der Waals surface area contributed by atoms with E-state index >= 15 is 0 Å². The molecule has 0 amide bonds. The van der Waals surface area contributed by atoms with E-state index in [2.05, 4.69) is 9.59 Å². The summed E-state index contributed by atoms with van der Waals surface area (Å²) in [5, 5.41) is 3.76. The fourth-order valence-electron chi connectivity index (χ4n) is 1.77. The normalized spacial score (nSPS) is 27.8. The van der Waals surface area contributed by atoms with Gasteiger partial charge >= 0.3 is 0 Å². The van der Waals surface area contributed by atoms with Crippen LogP contribution < -0.4 is 5.73 Å². The second-order valence-electron chi connectivity index (χ2n) is 3.68. The second-order valence-corrected chi connectivity index (χ2v) is 4.55. The van der Waals surface area contributed by atoms with Crippen LogP contribution in [0.1, 0.15) is 30.6 Å². The van der Waals surface area contributed by atoms with Gasteiger partial charge in [0.1, 0.15) is 0 Å². The Morgan fingerprint density at radius 1 is 1.50 bits per heavy atom. The molecule has 2 N–H and O–H groups in total. The number of ether oxygens (including phenoxy) is 1. The quantitative estimate of drug-likeness (QED) is 0.822. The first kappa shape index (κ1) is 10.0. The molecular weight excluding hydrogens is 198 g/mol. The van der Waals surface area contributed by atoms with Gasteiger partial charge in [0.2, 0.25) is 0 Å². The number of hydrogen-bond acceptors (Lipinski definition) is 5. The highest BCUT2D eigenvalue weighted by molar-refractivity contribution is 7.05. The van der Waals surface area contributed by atoms with Crippen LogP contribution in [0, 0.1) is 0 Å². The van der Waals surface area contributed by atoms with Crippen molar-refractivity contribution in [2.45, 2.75) is 44.4 Å². The SMILES string of the molecule is NC1CCCCC1OCc1cnns1. The summed E-state index contributed by atoms with van der Waals surface area (Å²) in [7, 11) is 0. The van der Waals surface area contributed by atoms with Crippen LogP contribution in [0.4, 0.5) is 0 Å². The molecule has 0 spiro atoms. The minimum atomic E-state index is 0.213. The van der Waals surface area contributed by atoms with Crippen molar-refractivity contribution in [3.8, 4) is 0 Å². The Balaban J connectivity index is 1.79. The minimum Gasteiger partial charge on any atom is -0.371 e. The van der Waals surface area contributed by atoms with Crippen molar-refractivity contribution in [1.82, 2.24) is 9.59 Å². The molecule has 0 radical (unpaired) electrons. The molecule has 14 heavy (non-hydrogen) atoms. The summed E-state index contributed by atoms with van der Waals surface area (Å²) in [5.41, 5.74) is 5.97. The first-order valence-electron chi connectivity index (χ1n) is 4.99. The van der Waals surface area contributed by atoms with E-state index in [1.165, 1.54) is 24.4 Å². The maximum atomic E-state index is 5.97. The van der Waals surface area contributed by atoms with Crippen LogP contribution in [0.5, 0.6) is 0 Å². The van der Waals surface area contributed by atoms with Crippen LogP contribution >= 0.6 is 11.5 Å². The molecule has 0 aliphatic heterocycles. The molecule has 1 aliphatic carbocycles. The predicted octanol–water partition coefficient (Wildman–Crippen LogP) is 1.32. The van der Waals surface area contributed by atoms with E-state index in [1.54, 1.807) is 6.20 Å². The zero-order chi connectivity index (χ0) is 9.80. The lowest BCUT2D eigenvalue weighted by atomic mass is 9.93. The molecule has 2 atom stereocenters. The average Bonchev–Trinajstić information content (AvgIpc) is 2.69. The molecule has 4 nitrogen and oxygen atoms in total. The van der Waals surface area contributed by atoms with Gasteiger partial charge in [-0.3, -0.25) is 0 Å². The van der Waals surface area contributed by atoms with Crippen molar-refractivity contribution in [2.75, 3.05) is 0 Å². The van der Waals surface area contributed by atoms with Crippen LogP contribution in [0.15, 0.2) is 6.20 Å². The first-order valence-corrected chi connectivity index (χ1v) is 5.77. The molecular formula is C9H15N3OS. The van der Waals surface area contributed by atoms with Gasteiger partial charge in [0.25, 0.3) is 0 Å². The first-order chi connectivity index (χ1) is 6.86. The third-order valence-electron chi connectivity index (χ3n) is 2.60. The standard InChI is InChI=1S/C9H15N3OS/c10-8-3-1-2-4-9(8)13-6-7-5-11-12-14-7/h5,8-9H,1-4,6,10H2. The molecule has 2 rings (SSSR count). The largest absolute Gasteiger partial charge is 0.371 e. The smallest absolute Gasteiger partial charge is 0.0846 e. The van der Waals surface area contributed by atoms with Crippen molar-refractivity contribution in [1.29, 1.82) is 0 Å². The van der Waals surface area contributed by atoms with Crippen LogP contribution in [-0.4, -0.2) is 21.7 Å². The molecule has 2 unspecified atom stereocenters. The third kappa shape index (κ3) is 2.50. The molecule has 78 valence electrons. The van der Waals surface area contributed by atoms with Gasteiger partial charge in [-0.25, -0.2) is 0 Å².